The molecule has 0 radical (unpaired) electrons. The second-order valence-corrected chi connectivity index (χ2v) is 10.9. The first-order valence-electron chi connectivity index (χ1n) is 13.7. The molecule has 1 aliphatic heterocycles. The molecule has 6 nitrogen and oxygen atoms in total. The van der Waals surface area contributed by atoms with Gasteiger partial charge >= 0.3 is 0 Å². The van der Waals surface area contributed by atoms with Gasteiger partial charge in [0.15, 0.2) is 0 Å². The van der Waals surface area contributed by atoms with Crippen LogP contribution in [-0.4, -0.2) is 47.4 Å². The van der Waals surface area contributed by atoms with Crippen molar-refractivity contribution < 1.29 is 9.59 Å². The van der Waals surface area contributed by atoms with E-state index in [4.69, 9.17) is 0 Å². The lowest BCUT2D eigenvalue weighted by Gasteiger charge is -2.35. The SMILES string of the molecule is CNC(C)C(=O)NC(C(=O)N1CCCC1c1cncc(-c2cccc(C(C)C)c2)c1)C1CCCCC1. The Morgan fingerprint density at radius 1 is 0.972 bits per heavy atom. The molecule has 1 saturated carbocycles. The summed E-state index contributed by atoms with van der Waals surface area (Å²) in [5.74, 6) is 0.615. The predicted octanol–water partition coefficient (Wildman–Crippen LogP) is 5.21. The van der Waals surface area contributed by atoms with Crippen LogP contribution >= 0.6 is 0 Å². The predicted molar refractivity (Wildman–Crippen MR) is 144 cm³/mol. The third-order valence-electron chi connectivity index (χ3n) is 8.08. The number of amides is 2. The van der Waals surface area contributed by atoms with E-state index in [0.29, 0.717) is 5.92 Å². The van der Waals surface area contributed by atoms with E-state index in [1.165, 1.54) is 12.0 Å². The number of benzene rings is 1. The zero-order valence-corrected chi connectivity index (χ0v) is 22.3. The fraction of sp³-hybridized carbons (Fsp3) is 0.567. The summed E-state index contributed by atoms with van der Waals surface area (Å²) in [6, 6.07) is 10.0. The van der Waals surface area contributed by atoms with Gasteiger partial charge in [-0.1, -0.05) is 57.4 Å². The monoisotopic (exact) mass is 490 g/mol. The molecule has 1 aliphatic carbocycles. The Kier molecular flexibility index (Phi) is 8.78. The van der Waals surface area contributed by atoms with Crippen LogP contribution in [0.5, 0.6) is 0 Å². The molecule has 2 aliphatic rings. The zero-order valence-electron chi connectivity index (χ0n) is 22.3. The van der Waals surface area contributed by atoms with Gasteiger partial charge in [0.05, 0.1) is 12.1 Å². The molecule has 36 heavy (non-hydrogen) atoms. The number of rotatable bonds is 8. The topological polar surface area (TPSA) is 74.3 Å². The quantitative estimate of drug-likeness (QED) is 0.533. The summed E-state index contributed by atoms with van der Waals surface area (Å²) in [7, 11) is 1.77. The molecule has 0 bridgehead atoms. The maximum atomic E-state index is 14.0. The Labute approximate surface area is 216 Å². The molecule has 1 aromatic heterocycles. The van der Waals surface area contributed by atoms with Gasteiger partial charge in [-0.2, -0.15) is 0 Å². The zero-order chi connectivity index (χ0) is 25.7. The average Bonchev–Trinajstić information content (AvgIpc) is 3.41. The minimum absolute atomic E-state index is 0.0112. The summed E-state index contributed by atoms with van der Waals surface area (Å²) in [5.41, 5.74) is 4.61. The van der Waals surface area contributed by atoms with E-state index in [9.17, 15) is 9.59 Å². The van der Waals surface area contributed by atoms with Crippen LogP contribution in [0, 0.1) is 5.92 Å². The summed E-state index contributed by atoms with van der Waals surface area (Å²) >= 11 is 0. The highest BCUT2D eigenvalue weighted by atomic mass is 16.2. The van der Waals surface area contributed by atoms with Gasteiger partial charge < -0.3 is 15.5 Å². The molecule has 3 atom stereocenters. The van der Waals surface area contributed by atoms with Crippen molar-refractivity contribution >= 4 is 11.8 Å². The Bertz CT molecular complexity index is 1050. The number of pyridine rings is 1. The molecule has 2 heterocycles. The fourth-order valence-corrected chi connectivity index (χ4v) is 5.69. The van der Waals surface area contributed by atoms with Crippen molar-refractivity contribution in [3.05, 3.63) is 53.9 Å². The first-order valence-corrected chi connectivity index (χ1v) is 13.7. The number of hydrogen-bond acceptors (Lipinski definition) is 4. The number of carbonyl (C=O) groups is 2. The van der Waals surface area contributed by atoms with Crippen LogP contribution in [0.15, 0.2) is 42.7 Å². The number of nitrogens with zero attached hydrogens (tertiary/aromatic N) is 2. The largest absolute Gasteiger partial charge is 0.343 e. The maximum Gasteiger partial charge on any atom is 0.245 e. The second kappa shape index (κ2) is 12.0. The van der Waals surface area contributed by atoms with Crippen molar-refractivity contribution in [3.63, 3.8) is 0 Å². The van der Waals surface area contributed by atoms with Crippen molar-refractivity contribution in [3.8, 4) is 11.1 Å². The standard InChI is InChI=1S/C30H42N4O2/c1-20(2)23-12-8-13-24(16-23)25-17-26(19-32-18-25)27-14-9-15-34(27)30(36)28(22-10-6-5-7-11-22)33-29(35)21(3)31-4/h8,12-13,16-22,27-28,31H,5-7,9-11,14-15H2,1-4H3,(H,33,35). The highest BCUT2D eigenvalue weighted by Gasteiger charge is 2.39. The Hall–Kier alpha value is -2.73. The number of nitrogens with one attached hydrogen (secondary N) is 2. The van der Waals surface area contributed by atoms with Gasteiger partial charge in [-0.15, -0.1) is 0 Å². The van der Waals surface area contributed by atoms with E-state index in [-0.39, 0.29) is 29.8 Å². The van der Waals surface area contributed by atoms with Crippen LogP contribution in [0.2, 0.25) is 0 Å². The van der Waals surface area contributed by atoms with Crippen LogP contribution in [0.3, 0.4) is 0 Å². The Morgan fingerprint density at radius 2 is 1.75 bits per heavy atom. The summed E-state index contributed by atoms with van der Waals surface area (Å²) in [6.45, 7) is 6.96. The summed E-state index contributed by atoms with van der Waals surface area (Å²) in [4.78, 5) is 33.4. The highest BCUT2D eigenvalue weighted by Crippen LogP contribution is 2.36. The van der Waals surface area contributed by atoms with Gasteiger partial charge in [-0.25, -0.2) is 0 Å². The molecule has 0 spiro atoms. The molecular formula is C30H42N4O2. The first-order chi connectivity index (χ1) is 17.4. The highest BCUT2D eigenvalue weighted by molar-refractivity contribution is 5.90. The van der Waals surface area contributed by atoms with Crippen molar-refractivity contribution in [2.24, 2.45) is 5.92 Å². The minimum Gasteiger partial charge on any atom is -0.343 e. The van der Waals surface area contributed by atoms with E-state index in [1.54, 1.807) is 7.05 Å². The number of hydrogen-bond donors (Lipinski definition) is 2. The van der Waals surface area contributed by atoms with Crippen LogP contribution in [0.4, 0.5) is 0 Å². The molecule has 194 valence electrons. The number of carbonyl (C=O) groups excluding carboxylic acids is 2. The lowest BCUT2D eigenvalue weighted by molar-refractivity contribution is -0.139. The van der Waals surface area contributed by atoms with Crippen molar-refractivity contribution in [1.29, 1.82) is 0 Å². The third kappa shape index (κ3) is 5.97. The molecule has 2 N–H and O–H groups in total. The van der Waals surface area contributed by atoms with Crippen LogP contribution < -0.4 is 10.6 Å². The summed E-state index contributed by atoms with van der Waals surface area (Å²) in [5, 5.41) is 6.14. The van der Waals surface area contributed by atoms with Crippen molar-refractivity contribution in [2.75, 3.05) is 13.6 Å². The second-order valence-electron chi connectivity index (χ2n) is 10.9. The average molecular weight is 491 g/mol. The van der Waals surface area contributed by atoms with E-state index < -0.39 is 6.04 Å². The molecule has 2 amide bonds. The molecule has 1 saturated heterocycles. The van der Waals surface area contributed by atoms with Crippen LogP contribution in [0.1, 0.15) is 88.8 Å². The van der Waals surface area contributed by atoms with E-state index in [1.807, 2.05) is 24.2 Å². The van der Waals surface area contributed by atoms with Gasteiger partial charge in [0.25, 0.3) is 0 Å². The van der Waals surface area contributed by atoms with Gasteiger partial charge in [-0.05, 0) is 74.2 Å². The Morgan fingerprint density at radius 3 is 2.47 bits per heavy atom. The summed E-state index contributed by atoms with van der Waals surface area (Å²) < 4.78 is 0. The van der Waals surface area contributed by atoms with E-state index in [0.717, 1.165) is 61.8 Å². The van der Waals surface area contributed by atoms with Gasteiger partial charge in [0, 0.05) is 24.5 Å². The lowest BCUT2D eigenvalue weighted by Crippen LogP contribution is -2.55. The molecule has 6 heteroatoms. The van der Waals surface area contributed by atoms with E-state index >= 15 is 0 Å². The van der Waals surface area contributed by atoms with Crippen molar-refractivity contribution in [2.45, 2.75) is 89.8 Å². The van der Waals surface area contributed by atoms with E-state index in [2.05, 4.69) is 59.8 Å². The molecule has 2 fully saturated rings. The normalized spacial score (nSPS) is 20.4. The number of likely N-dealkylation sites (tertiary alicyclic amines) is 1. The Balaban J connectivity index is 1.58. The first kappa shape index (κ1) is 26.3. The third-order valence-corrected chi connectivity index (χ3v) is 8.08. The summed E-state index contributed by atoms with van der Waals surface area (Å²) in [6.07, 6.45) is 11.1. The fourth-order valence-electron chi connectivity index (χ4n) is 5.69. The molecule has 1 aromatic carbocycles. The minimum atomic E-state index is -0.465. The van der Waals surface area contributed by atoms with Gasteiger partial charge in [-0.3, -0.25) is 14.6 Å². The van der Waals surface area contributed by atoms with Crippen LogP contribution in [0.25, 0.3) is 11.1 Å². The number of aromatic nitrogens is 1. The molecular weight excluding hydrogens is 448 g/mol. The lowest BCUT2D eigenvalue weighted by atomic mass is 9.83. The smallest absolute Gasteiger partial charge is 0.245 e. The van der Waals surface area contributed by atoms with Crippen LogP contribution in [-0.2, 0) is 9.59 Å². The van der Waals surface area contributed by atoms with Crippen molar-refractivity contribution in [1.82, 2.24) is 20.5 Å². The molecule has 2 aromatic rings. The van der Waals surface area contributed by atoms with Gasteiger partial charge in [0.1, 0.15) is 6.04 Å². The molecule has 3 unspecified atom stereocenters. The molecule has 4 rings (SSSR count). The maximum absolute atomic E-state index is 14.0. The number of likely N-dealkylation sites (N-methyl/N-ethyl adjacent to an activating group) is 1. The van der Waals surface area contributed by atoms with Gasteiger partial charge in [0.2, 0.25) is 11.8 Å².